The van der Waals surface area contributed by atoms with E-state index in [9.17, 15) is 9.59 Å². The Kier molecular flexibility index (Phi) is 5.69. The second-order valence-corrected chi connectivity index (χ2v) is 9.12. The SMILES string of the molecule is CN1C(=O)NC(=O)C2C1N=C(N1CCc3ccccc3C1)N2CCCSc1ncccn1. The highest BCUT2D eigenvalue weighted by Crippen LogP contribution is 2.29. The molecule has 5 rings (SSSR count). The van der Waals surface area contributed by atoms with E-state index in [4.69, 9.17) is 4.99 Å². The summed E-state index contributed by atoms with van der Waals surface area (Å²) in [5, 5.41) is 3.22. The topological polar surface area (TPSA) is 94.0 Å². The number of carbonyl (C=O) groups excluding carboxylic acids is 2. The van der Waals surface area contributed by atoms with Gasteiger partial charge in [-0.05, 0) is 30.0 Å². The van der Waals surface area contributed by atoms with Crippen molar-refractivity contribution in [3.63, 3.8) is 0 Å². The van der Waals surface area contributed by atoms with Crippen LogP contribution in [0.2, 0.25) is 0 Å². The average Bonchev–Trinajstić information content (AvgIpc) is 3.21. The molecule has 3 aliphatic rings. The number of benzene rings is 1. The van der Waals surface area contributed by atoms with Crippen molar-refractivity contribution in [2.24, 2.45) is 4.99 Å². The summed E-state index contributed by atoms with van der Waals surface area (Å²) in [7, 11) is 1.69. The van der Waals surface area contributed by atoms with Crippen molar-refractivity contribution in [2.45, 2.75) is 36.8 Å². The van der Waals surface area contributed by atoms with Crippen molar-refractivity contribution in [3.8, 4) is 0 Å². The summed E-state index contributed by atoms with van der Waals surface area (Å²) < 4.78 is 0. The third-order valence-electron chi connectivity index (χ3n) is 6.07. The van der Waals surface area contributed by atoms with Crippen LogP contribution in [0.4, 0.5) is 4.79 Å². The number of urea groups is 1. The third-order valence-corrected chi connectivity index (χ3v) is 7.03. The lowest BCUT2D eigenvalue weighted by Gasteiger charge is -2.38. The van der Waals surface area contributed by atoms with Crippen molar-refractivity contribution < 1.29 is 9.59 Å². The molecule has 4 heterocycles. The molecule has 3 aliphatic heterocycles. The van der Waals surface area contributed by atoms with Crippen LogP contribution in [-0.4, -0.2) is 80.7 Å². The number of amides is 3. The van der Waals surface area contributed by atoms with Gasteiger partial charge in [-0.25, -0.2) is 19.8 Å². The number of aliphatic imine (C=N–C) groups is 1. The van der Waals surface area contributed by atoms with Crippen molar-refractivity contribution in [2.75, 3.05) is 25.9 Å². The molecule has 32 heavy (non-hydrogen) atoms. The van der Waals surface area contributed by atoms with Crippen LogP contribution in [0.25, 0.3) is 0 Å². The molecular weight excluding hydrogens is 426 g/mol. The van der Waals surface area contributed by atoms with Crippen molar-refractivity contribution in [3.05, 3.63) is 53.9 Å². The second-order valence-electron chi connectivity index (χ2n) is 8.06. The molecule has 2 aromatic rings. The Hall–Kier alpha value is -3.14. The fourth-order valence-corrected chi connectivity index (χ4v) is 5.17. The van der Waals surface area contributed by atoms with Gasteiger partial charge in [0.1, 0.15) is 0 Å². The van der Waals surface area contributed by atoms with Gasteiger partial charge in [0.15, 0.2) is 23.3 Å². The highest BCUT2D eigenvalue weighted by atomic mass is 32.2. The summed E-state index contributed by atoms with van der Waals surface area (Å²) in [6.45, 7) is 2.24. The number of guanidine groups is 1. The van der Waals surface area contributed by atoms with Crippen LogP contribution < -0.4 is 5.32 Å². The van der Waals surface area contributed by atoms with E-state index in [0.29, 0.717) is 6.54 Å². The first-order valence-corrected chi connectivity index (χ1v) is 11.7. The second kappa shape index (κ2) is 8.78. The minimum Gasteiger partial charge on any atom is -0.338 e. The van der Waals surface area contributed by atoms with Gasteiger partial charge in [-0.1, -0.05) is 36.0 Å². The van der Waals surface area contributed by atoms with Gasteiger partial charge in [0.2, 0.25) is 0 Å². The first-order valence-electron chi connectivity index (χ1n) is 10.8. The number of likely N-dealkylation sites (N-methyl/N-ethyl adjacent to an activating group) is 1. The lowest BCUT2D eigenvalue weighted by Crippen LogP contribution is -2.64. The van der Waals surface area contributed by atoms with E-state index in [1.165, 1.54) is 16.0 Å². The van der Waals surface area contributed by atoms with Crippen LogP contribution in [0.1, 0.15) is 17.5 Å². The van der Waals surface area contributed by atoms with Crippen LogP contribution in [0.15, 0.2) is 52.9 Å². The molecule has 1 N–H and O–H groups in total. The fraction of sp³-hybridized carbons (Fsp3) is 0.409. The Morgan fingerprint density at radius 2 is 1.91 bits per heavy atom. The maximum atomic E-state index is 12.8. The van der Waals surface area contributed by atoms with E-state index in [1.807, 2.05) is 0 Å². The highest BCUT2D eigenvalue weighted by molar-refractivity contribution is 7.99. The molecule has 166 valence electrons. The van der Waals surface area contributed by atoms with Crippen LogP contribution in [0.5, 0.6) is 0 Å². The number of nitrogens with zero attached hydrogens (tertiary/aromatic N) is 6. The molecule has 2 atom stereocenters. The summed E-state index contributed by atoms with van der Waals surface area (Å²) in [5.74, 6) is 1.34. The number of rotatable bonds is 5. The van der Waals surface area contributed by atoms with Gasteiger partial charge in [0, 0.05) is 44.8 Å². The number of hydrogen-bond donors (Lipinski definition) is 1. The molecule has 1 aromatic carbocycles. The van der Waals surface area contributed by atoms with Gasteiger partial charge in [0.05, 0.1) is 0 Å². The molecule has 10 heteroatoms. The lowest BCUT2D eigenvalue weighted by molar-refractivity contribution is -0.127. The first-order chi connectivity index (χ1) is 15.6. The minimum atomic E-state index is -0.511. The lowest BCUT2D eigenvalue weighted by atomic mass is 10.0. The maximum absolute atomic E-state index is 12.8. The van der Waals surface area contributed by atoms with Crippen LogP contribution in [-0.2, 0) is 17.8 Å². The molecule has 0 saturated carbocycles. The van der Waals surface area contributed by atoms with Gasteiger partial charge >= 0.3 is 6.03 Å². The minimum absolute atomic E-state index is 0.284. The van der Waals surface area contributed by atoms with Gasteiger partial charge in [0.25, 0.3) is 5.91 Å². The Morgan fingerprint density at radius 1 is 1.12 bits per heavy atom. The van der Waals surface area contributed by atoms with Gasteiger partial charge in [-0.15, -0.1) is 0 Å². The zero-order chi connectivity index (χ0) is 22.1. The molecule has 2 unspecified atom stereocenters. The summed E-state index contributed by atoms with van der Waals surface area (Å²) >= 11 is 1.59. The molecule has 0 aliphatic carbocycles. The van der Waals surface area contributed by atoms with E-state index < -0.39 is 18.2 Å². The van der Waals surface area contributed by atoms with Crippen molar-refractivity contribution in [1.82, 2.24) is 30.0 Å². The van der Waals surface area contributed by atoms with Gasteiger partial charge in [-0.2, -0.15) is 0 Å². The highest BCUT2D eigenvalue weighted by Gasteiger charge is 2.49. The van der Waals surface area contributed by atoms with E-state index >= 15 is 0 Å². The van der Waals surface area contributed by atoms with E-state index in [1.54, 1.807) is 37.3 Å². The smallest absolute Gasteiger partial charge is 0.325 e. The Labute approximate surface area is 190 Å². The van der Waals surface area contributed by atoms with Crippen molar-refractivity contribution >= 4 is 29.7 Å². The normalized spacial score (nSPS) is 22.4. The van der Waals surface area contributed by atoms with Gasteiger partial charge in [-0.3, -0.25) is 10.1 Å². The fourth-order valence-electron chi connectivity index (χ4n) is 4.44. The summed E-state index contributed by atoms with van der Waals surface area (Å²) in [5.41, 5.74) is 2.64. The molecule has 1 saturated heterocycles. The number of aromatic nitrogens is 2. The predicted molar refractivity (Wildman–Crippen MR) is 121 cm³/mol. The van der Waals surface area contributed by atoms with Crippen LogP contribution in [0, 0.1) is 0 Å². The molecule has 0 radical (unpaired) electrons. The molecular formula is C22H25N7O2S. The molecule has 0 spiro atoms. The van der Waals surface area contributed by atoms with E-state index in [-0.39, 0.29) is 5.91 Å². The maximum Gasteiger partial charge on any atom is 0.325 e. The molecule has 9 nitrogen and oxygen atoms in total. The average molecular weight is 452 g/mol. The number of nitrogens with one attached hydrogen (secondary N) is 1. The monoisotopic (exact) mass is 451 g/mol. The number of hydrogen-bond acceptors (Lipinski definition) is 8. The molecule has 0 bridgehead atoms. The largest absolute Gasteiger partial charge is 0.338 e. The quantitative estimate of drug-likeness (QED) is 0.419. The number of fused-ring (bicyclic) bond motifs is 2. The van der Waals surface area contributed by atoms with Crippen molar-refractivity contribution in [1.29, 1.82) is 0 Å². The zero-order valence-corrected chi connectivity index (χ0v) is 18.7. The standard InChI is InChI=1S/C22H25N7O2S/c1-27-18-17(19(30)26-22(27)31)29(11-5-13-32-20-23-9-4-10-24-20)21(25-18)28-12-8-15-6-2-3-7-16(15)14-28/h2-4,6-7,9-10,17-18H,5,8,11-14H2,1H3,(H,26,30,31). The summed E-state index contributed by atoms with van der Waals surface area (Å²) in [6, 6.07) is 9.33. The number of carbonyl (C=O) groups is 2. The molecule has 3 amide bonds. The first kappa shape index (κ1) is 20.7. The van der Waals surface area contributed by atoms with E-state index in [0.717, 1.165) is 42.8 Å². The third kappa shape index (κ3) is 3.90. The Bertz CT molecular complexity index is 1050. The summed E-state index contributed by atoms with van der Waals surface area (Å²) in [6.07, 6.45) is 4.73. The van der Waals surface area contributed by atoms with Crippen LogP contribution in [0.3, 0.4) is 0 Å². The number of imide groups is 1. The predicted octanol–water partition coefficient (Wildman–Crippen LogP) is 1.56. The Morgan fingerprint density at radius 3 is 2.72 bits per heavy atom. The number of thioether (sulfide) groups is 1. The zero-order valence-electron chi connectivity index (χ0n) is 17.8. The van der Waals surface area contributed by atoms with Crippen LogP contribution >= 0.6 is 11.8 Å². The van der Waals surface area contributed by atoms with Gasteiger partial charge < -0.3 is 14.7 Å². The molecule has 1 aromatic heterocycles. The Balaban J connectivity index is 1.34. The molecule has 1 fully saturated rings. The van der Waals surface area contributed by atoms with E-state index in [2.05, 4.69) is 49.4 Å². The summed E-state index contributed by atoms with van der Waals surface area (Å²) in [4.78, 5) is 44.2.